The Bertz CT molecular complexity index is 722. The van der Waals surface area contributed by atoms with Crippen LogP contribution < -0.4 is 5.32 Å². The Labute approximate surface area is 181 Å². The van der Waals surface area contributed by atoms with Crippen molar-refractivity contribution in [3.05, 3.63) is 35.9 Å². The van der Waals surface area contributed by atoms with Crippen molar-refractivity contribution in [3.63, 3.8) is 0 Å². The summed E-state index contributed by atoms with van der Waals surface area (Å²) < 4.78 is 18.0. The number of carbonyl (C=O) groups excluding carboxylic acids is 1. The highest BCUT2D eigenvalue weighted by atomic mass is 16.7. The summed E-state index contributed by atoms with van der Waals surface area (Å²) >= 11 is 0. The fourth-order valence-electron chi connectivity index (χ4n) is 5.44. The van der Waals surface area contributed by atoms with Crippen molar-refractivity contribution < 1.29 is 18.8 Å². The van der Waals surface area contributed by atoms with Gasteiger partial charge in [-0.25, -0.2) is 0 Å². The molecule has 1 aliphatic carbocycles. The van der Waals surface area contributed by atoms with Crippen LogP contribution in [0.2, 0.25) is 6.32 Å². The lowest BCUT2D eigenvalue weighted by Gasteiger charge is -2.32. The molecule has 2 aliphatic heterocycles. The molecule has 4 rings (SSSR count). The summed E-state index contributed by atoms with van der Waals surface area (Å²) in [6.45, 7) is 10.8. The molecule has 4 unspecified atom stereocenters. The monoisotopic (exact) mass is 413 g/mol. The van der Waals surface area contributed by atoms with E-state index < -0.39 is 0 Å². The van der Waals surface area contributed by atoms with Gasteiger partial charge in [-0.3, -0.25) is 4.79 Å². The van der Waals surface area contributed by atoms with E-state index >= 15 is 0 Å². The van der Waals surface area contributed by atoms with E-state index in [1.807, 2.05) is 30.3 Å². The molecule has 3 aliphatic rings. The van der Waals surface area contributed by atoms with Gasteiger partial charge in [0, 0.05) is 0 Å². The summed E-state index contributed by atoms with van der Waals surface area (Å²) in [5, 5.41) is 3.52. The first-order valence-electron chi connectivity index (χ1n) is 11.5. The molecular weight excluding hydrogens is 377 g/mol. The molecule has 0 bridgehead atoms. The SMILES string of the molecule is CC1(C)OB(CCCC2C(C(=O)OCc3ccccc3)CC3CNCC32)OC1(C)C. The first-order valence-corrected chi connectivity index (χ1v) is 11.5. The van der Waals surface area contributed by atoms with Gasteiger partial charge in [-0.1, -0.05) is 36.8 Å². The van der Waals surface area contributed by atoms with Crippen molar-refractivity contribution in [2.24, 2.45) is 23.7 Å². The van der Waals surface area contributed by atoms with Gasteiger partial charge in [-0.15, -0.1) is 0 Å². The Kier molecular flexibility index (Phi) is 6.29. The summed E-state index contributed by atoms with van der Waals surface area (Å²) in [4.78, 5) is 13.0. The molecule has 1 aromatic carbocycles. The lowest BCUT2D eigenvalue weighted by Crippen LogP contribution is -2.41. The topological polar surface area (TPSA) is 56.8 Å². The Morgan fingerprint density at radius 2 is 1.83 bits per heavy atom. The molecule has 30 heavy (non-hydrogen) atoms. The number of benzene rings is 1. The second-order valence-electron chi connectivity index (χ2n) is 10.3. The maximum atomic E-state index is 13.0. The normalized spacial score (nSPS) is 31.7. The van der Waals surface area contributed by atoms with E-state index in [1.165, 1.54) is 0 Å². The van der Waals surface area contributed by atoms with Crippen LogP contribution in [-0.2, 0) is 25.4 Å². The standard InChI is InChI=1S/C24H36BNO4/c1-23(2)24(3,4)30-25(29-23)12-8-11-19-20(13-18-14-26-15-21(18)19)22(27)28-16-17-9-6-5-7-10-17/h5-7,9-10,18-21,26H,8,11-16H2,1-4H3. The summed E-state index contributed by atoms with van der Waals surface area (Å²) in [5.41, 5.74) is 0.480. The zero-order chi connectivity index (χ0) is 21.4. The molecular formula is C24H36BNO4. The van der Waals surface area contributed by atoms with Crippen LogP contribution in [0, 0.1) is 23.7 Å². The van der Waals surface area contributed by atoms with Crippen LogP contribution in [0.15, 0.2) is 30.3 Å². The van der Waals surface area contributed by atoms with Crippen molar-refractivity contribution in [2.45, 2.75) is 71.1 Å². The number of hydrogen-bond donors (Lipinski definition) is 1. The zero-order valence-corrected chi connectivity index (χ0v) is 18.9. The molecule has 4 atom stereocenters. The molecule has 0 aromatic heterocycles. The Morgan fingerprint density at radius 3 is 2.53 bits per heavy atom. The van der Waals surface area contributed by atoms with Crippen LogP contribution in [0.4, 0.5) is 0 Å². The van der Waals surface area contributed by atoms with Gasteiger partial charge in [0.25, 0.3) is 0 Å². The minimum atomic E-state index is -0.282. The predicted octanol–water partition coefficient (Wildman–Crippen LogP) is 4.07. The van der Waals surface area contributed by atoms with Gasteiger partial charge in [-0.2, -0.15) is 0 Å². The lowest BCUT2D eigenvalue weighted by molar-refractivity contribution is -0.151. The lowest BCUT2D eigenvalue weighted by atomic mass is 9.77. The Morgan fingerprint density at radius 1 is 1.13 bits per heavy atom. The van der Waals surface area contributed by atoms with Gasteiger partial charge in [0.15, 0.2) is 0 Å². The van der Waals surface area contributed by atoms with E-state index in [4.69, 9.17) is 14.0 Å². The number of ether oxygens (including phenoxy) is 1. The highest BCUT2D eigenvalue weighted by Gasteiger charge is 2.51. The van der Waals surface area contributed by atoms with Crippen molar-refractivity contribution >= 4 is 13.1 Å². The summed E-state index contributed by atoms with van der Waals surface area (Å²) in [5.74, 6) is 1.56. The van der Waals surface area contributed by atoms with Crippen LogP contribution in [-0.4, -0.2) is 37.4 Å². The van der Waals surface area contributed by atoms with Crippen LogP contribution in [0.1, 0.15) is 52.5 Å². The van der Waals surface area contributed by atoms with Crippen molar-refractivity contribution in [1.82, 2.24) is 5.32 Å². The van der Waals surface area contributed by atoms with Gasteiger partial charge < -0.3 is 19.4 Å². The minimum Gasteiger partial charge on any atom is -0.461 e. The third-order valence-electron chi connectivity index (χ3n) is 7.82. The maximum Gasteiger partial charge on any atom is 0.457 e. The number of carbonyl (C=O) groups is 1. The van der Waals surface area contributed by atoms with Crippen molar-refractivity contribution in [2.75, 3.05) is 13.1 Å². The molecule has 1 aromatic rings. The molecule has 2 heterocycles. The summed E-state index contributed by atoms with van der Waals surface area (Å²) in [7, 11) is -0.155. The summed E-state index contributed by atoms with van der Waals surface area (Å²) in [6.07, 6.45) is 3.86. The Balaban J connectivity index is 1.32. The van der Waals surface area contributed by atoms with Crippen LogP contribution >= 0.6 is 0 Å². The first kappa shape index (κ1) is 21.9. The van der Waals surface area contributed by atoms with Crippen LogP contribution in [0.5, 0.6) is 0 Å². The maximum absolute atomic E-state index is 13.0. The summed E-state index contributed by atoms with van der Waals surface area (Å²) in [6, 6.07) is 9.94. The first-order chi connectivity index (χ1) is 14.3. The average molecular weight is 413 g/mol. The number of rotatable bonds is 7. The molecule has 164 valence electrons. The number of hydrogen-bond acceptors (Lipinski definition) is 5. The molecule has 1 N–H and O–H groups in total. The fraction of sp³-hybridized carbons (Fsp3) is 0.708. The van der Waals surface area contributed by atoms with Gasteiger partial charge in [-0.05, 0) is 83.3 Å². The third-order valence-corrected chi connectivity index (χ3v) is 7.82. The van der Waals surface area contributed by atoms with E-state index in [-0.39, 0.29) is 30.2 Å². The minimum absolute atomic E-state index is 0.0177. The van der Waals surface area contributed by atoms with Crippen molar-refractivity contribution in [3.8, 4) is 0 Å². The van der Waals surface area contributed by atoms with Gasteiger partial charge in [0.05, 0.1) is 17.1 Å². The molecule has 3 fully saturated rings. The van der Waals surface area contributed by atoms with Crippen molar-refractivity contribution in [1.29, 1.82) is 0 Å². The number of fused-ring (bicyclic) bond motifs is 1. The highest BCUT2D eigenvalue weighted by Crippen LogP contribution is 2.47. The third kappa shape index (κ3) is 4.46. The van der Waals surface area contributed by atoms with Gasteiger partial charge in [0.1, 0.15) is 6.61 Å². The molecule has 0 radical (unpaired) electrons. The average Bonchev–Trinajstić information content (AvgIpc) is 3.33. The molecule has 0 amide bonds. The number of nitrogens with one attached hydrogen (secondary N) is 1. The quantitative estimate of drug-likeness (QED) is 0.540. The van der Waals surface area contributed by atoms with E-state index in [0.29, 0.717) is 24.4 Å². The Hall–Kier alpha value is -1.37. The number of esters is 1. The fourth-order valence-corrected chi connectivity index (χ4v) is 5.44. The van der Waals surface area contributed by atoms with Crippen LogP contribution in [0.25, 0.3) is 0 Å². The van der Waals surface area contributed by atoms with Gasteiger partial charge >= 0.3 is 13.1 Å². The van der Waals surface area contributed by atoms with E-state index in [0.717, 1.165) is 44.2 Å². The molecule has 2 saturated heterocycles. The molecule has 1 saturated carbocycles. The second-order valence-corrected chi connectivity index (χ2v) is 10.3. The van der Waals surface area contributed by atoms with Crippen LogP contribution in [0.3, 0.4) is 0 Å². The second kappa shape index (κ2) is 8.64. The predicted molar refractivity (Wildman–Crippen MR) is 118 cm³/mol. The zero-order valence-electron chi connectivity index (χ0n) is 18.9. The largest absolute Gasteiger partial charge is 0.461 e. The molecule has 5 nitrogen and oxygen atoms in total. The van der Waals surface area contributed by atoms with E-state index in [1.54, 1.807) is 0 Å². The highest BCUT2D eigenvalue weighted by molar-refractivity contribution is 6.45. The van der Waals surface area contributed by atoms with Gasteiger partial charge in [0.2, 0.25) is 0 Å². The van der Waals surface area contributed by atoms with E-state index in [2.05, 4.69) is 33.0 Å². The molecule has 6 heteroatoms. The smallest absolute Gasteiger partial charge is 0.457 e. The van der Waals surface area contributed by atoms with E-state index in [9.17, 15) is 4.79 Å². The molecule has 0 spiro atoms.